The van der Waals surface area contributed by atoms with Crippen LogP contribution in [0, 0.1) is 6.92 Å². The van der Waals surface area contributed by atoms with Crippen molar-refractivity contribution in [1.82, 2.24) is 9.97 Å². The highest BCUT2D eigenvalue weighted by atomic mass is 32.1. The van der Waals surface area contributed by atoms with Crippen LogP contribution in [0.1, 0.15) is 11.8 Å². The first-order valence-electron chi connectivity index (χ1n) is 8.55. The van der Waals surface area contributed by atoms with Gasteiger partial charge in [0.05, 0.1) is 12.0 Å². The number of aryl methyl sites for hydroxylation is 1. The van der Waals surface area contributed by atoms with Gasteiger partial charge in [0.2, 0.25) is 0 Å². The first-order valence-corrected chi connectivity index (χ1v) is 9.37. The molecule has 0 bridgehead atoms. The highest BCUT2D eigenvalue weighted by Gasteiger charge is 2.16. The van der Waals surface area contributed by atoms with E-state index in [1.807, 2.05) is 37.3 Å². The first kappa shape index (κ1) is 16.5. The number of nitrogens with one attached hydrogen (secondary N) is 1. The predicted octanol–water partition coefficient (Wildman–Crippen LogP) is 5.81. The van der Waals surface area contributed by atoms with E-state index < -0.39 is 0 Å². The third-order valence-electron chi connectivity index (χ3n) is 4.15. The molecule has 0 fully saturated rings. The van der Waals surface area contributed by atoms with Crippen LogP contribution in [0.4, 0.5) is 11.5 Å². The SMILES string of the molecule is CCOc1ccc(Nc2ncnc3sc(C)c(-c4ccccc4)c23)cc1. The minimum atomic E-state index is 0.661. The summed E-state index contributed by atoms with van der Waals surface area (Å²) < 4.78 is 5.51. The van der Waals surface area contributed by atoms with E-state index >= 15 is 0 Å². The molecule has 0 aliphatic heterocycles. The number of aromatic nitrogens is 2. The molecule has 0 amide bonds. The first-order chi connectivity index (χ1) is 12.8. The maximum atomic E-state index is 5.51. The summed E-state index contributed by atoms with van der Waals surface area (Å²) >= 11 is 1.70. The molecule has 0 unspecified atom stereocenters. The molecule has 4 nitrogen and oxygen atoms in total. The summed E-state index contributed by atoms with van der Waals surface area (Å²) in [6, 6.07) is 18.3. The zero-order chi connectivity index (χ0) is 17.9. The number of hydrogen-bond donors (Lipinski definition) is 1. The number of nitrogens with zero attached hydrogens (tertiary/aromatic N) is 2. The van der Waals surface area contributed by atoms with Crippen molar-refractivity contribution in [2.45, 2.75) is 13.8 Å². The lowest BCUT2D eigenvalue weighted by Gasteiger charge is -2.10. The van der Waals surface area contributed by atoms with E-state index in [0.717, 1.165) is 27.5 Å². The summed E-state index contributed by atoms with van der Waals surface area (Å²) in [5.41, 5.74) is 3.34. The van der Waals surface area contributed by atoms with Crippen LogP contribution in [0.15, 0.2) is 60.9 Å². The van der Waals surface area contributed by atoms with Crippen molar-refractivity contribution < 1.29 is 4.74 Å². The Balaban J connectivity index is 1.78. The standard InChI is InChI=1S/C21H19N3OS/c1-3-25-17-11-9-16(10-12-17)24-20-19-18(15-7-5-4-6-8-15)14(2)26-21(19)23-13-22-20/h4-13H,3H2,1-2H3,(H,22,23,24). The highest BCUT2D eigenvalue weighted by molar-refractivity contribution is 7.19. The summed E-state index contributed by atoms with van der Waals surface area (Å²) in [5, 5.41) is 4.50. The second-order valence-electron chi connectivity index (χ2n) is 5.88. The van der Waals surface area contributed by atoms with Gasteiger partial charge in [-0.25, -0.2) is 9.97 Å². The molecule has 130 valence electrons. The van der Waals surface area contributed by atoms with Crippen molar-refractivity contribution in [2.75, 3.05) is 11.9 Å². The number of anilines is 2. The maximum absolute atomic E-state index is 5.51. The van der Waals surface area contributed by atoms with Crippen LogP contribution in [0.2, 0.25) is 0 Å². The van der Waals surface area contributed by atoms with Crippen molar-refractivity contribution in [1.29, 1.82) is 0 Å². The Morgan fingerprint density at radius 2 is 1.77 bits per heavy atom. The second-order valence-corrected chi connectivity index (χ2v) is 7.09. The van der Waals surface area contributed by atoms with Gasteiger partial charge in [-0.3, -0.25) is 0 Å². The quantitative estimate of drug-likeness (QED) is 0.487. The van der Waals surface area contributed by atoms with Crippen molar-refractivity contribution >= 4 is 33.1 Å². The molecule has 4 rings (SSSR count). The molecule has 0 saturated heterocycles. The van der Waals surface area contributed by atoms with Gasteiger partial charge in [0.25, 0.3) is 0 Å². The fraction of sp³-hybridized carbons (Fsp3) is 0.143. The Morgan fingerprint density at radius 1 is 1.00 bits per heavy atom. The lowest BCUT2D eigenvalue weighted by molar-refractivity contribution is 0.340. The van der Waals surface area contributed by atoms with Gasteiger partial charge in [0.15, 0.2) is 0 Å². The Kier molecular flexibility index (Phi) is 4.54. The lowest BCUT2D eigenvalue weighted by Crippen LogP contribution is -1.96. The van der Waals surface area contributed by atoms with Crippen LogP contribution < -0.4 is 10.1 Å². The van der Waals surface area contributed by atoms with Crippen molar-refractivity contribution in [3.8, 4) is 16.9 Å². The van der Waals surface area contributed by atoms with E-state index in [4.69, 9.17) is 4.74 Å². The molecular formula is C21H19N3OS. The Hall–Kier alpha value is -2.92. The molecule has 2 aromatic heterocycles. The smallest absolute Gasteiger partial charge is 0.143 e. The molecule has 0 radical (unpaired) electrons. The highest BCUT2D eigenvalue weighted by Crippen LogP contribution is 2.40. The van der Waals surface area contributed by atoms with Crippen molar-refractivity contribution in [3.63, 3.8) is 0 Å². The fourth-order valence-electron chi connectivity index (χ4n) is 3.03. The molecule has 0 atom stereocenters. The minimum absolute atomic E-state index is 0.661. The van der Waals surface area contributed by atoms with Crippen LogP contribution in [-0.4, -0.2) is 16.6 Å². The van der Waals surface area contributed by atoms with Crippen LogP contribution in [-0.2, 0) is 0 Å². The topological polar surface area (TPSA) is 47.0 Å². The molecule has 0 spiro atoms. The molecule has 0 aliphatic rings. The van der Waals surface area contributed by atoms with Crippen LogP contribution in [0.3, 0.4) is 0 Å². The van der Waals surface area contributed by atoms with Gasteiger partial charge in [-0.2, -0.15) is 0 Å². The number of fused-ring (bicyclic) bond motifs is 1. The third kappa shape index (κ3) is 3.13. The molecule has 5 heteroatoms. The van der Waals surface area contributed by atoms with Gasteiger partial charge in [0.1, 0.15) is 22.7 Å². The summed E-state index contributed by atoms with van der Waals surface area (Å²) in [5.74, 6) is 1.68. The molecule has 2 aromatic carbocycles. The van der Waals surface area contributed by atoms with E-state index in [1.165, 1.54) is 16.0 Å². The van der Waals surface area contributed by atoms with E-state index in [0.29, 0.717) is 6.61 Å². The number of thiophene rings is 1. The van der Waals surface area contributed by atoms with Crippen molar-refractivity contribution in [2.24, 2.45) is 0 Å². The molecule has 1 N–H and O–H groups in total. The average molecular weight is 361 g/mol. The molecule has 0 saturated carbocycles. The minimum Gasteiger partial charge on any atom is -0.494 e. The number of hydrogen-bond acceptors (Lipinski definition) is 5. The van der Waals surface area contributed by atoms with Gasteiger partial charge in [0, 0.05) is 16.1 Å². The Bertz CT molecular complexity index is 1030. The fourth-order valence-corrected chi connectivity index (χ4v) is 4.04. The average Bonchev–Trinajstić information content (AvgIpc) is 3.01. The van der Waals surface area contributed by atoms with Crippen LogP contribution in [0.25, 0.3) is 21.3 Å². The zero-order valence-electron chi connectivity index (χ0n) is 14.7. The Morgan fingerprint density at radius 3 is 2.50 bits per heavy atom. The summed E-state index contributed by atoms with van der Waals surface area (Å²) in [6.45, 7) is 4.77. The largest absolute Gasteiger partial charge is 0.494 e. The summed E-state index contributed by atoms with van der Waals surface area (Å²) in [6.07, 6.45) is 1.62. The molecule has 4 aromatic rings. The zero-order valence-corrected chi connectivity index (χ0v) is 15.5. The number of ether oxygens (including phenoxy) is 1. The normalized spacial score (nSPS) is 10.8. The van der Waals surface area contributed by atoms with Gasteiger partial charge < -0.3 is 10.1 Å². The molecule has 26 heavy (non-hydrogen) atoms. The van der Waals surface area contributed by atoms with Gasteiger partial charge in [-0.15, -0.1) is 11.3 Å². The van der Waals surface area contributed by atoms with Crippen LogP contribution >= 0.6 is 11.3 Å². The lowest BCUT2D eigenvalue weighted by atomic mass is 10.0. The van der Waals surface area contributed by atoms with Gasteiger partial charge in [-0.05, 0) is 43.7 Å². The van der Waals surface area contributed by atoms with Gasteiger partial charge >= 0.3 is 0 Å². The summed E-state index contributed by atoms with van der Waals surface area (Å²) in [4.78, 5) is 11.2. The molecule has 2 heterocycles. The molecular weight excluding hydrogens is 342 g/mol. The van der Waals surface area contributed by atoms with Crippen LogP contribution in [0.5, 0.6) is 5.75 Å². The van der Waals surface area contributed by atoms with Crippen molar-refractivity contribution in [3.05, 3.63) is 65.8 Å². The Labute approximate surface area is 156 Å². The van der Waals surface area contributed by atoms with E-state index in [9.17, 15) is 0 Å². The predicted molar refractivity (Wildman–Crippen MR) is 108 cm³/mol. The van der Waals surface area contributed by atoms with E-state index in [2.05, 4.69) is 46.5 Å². The summed E-state index contributed by atoms with van der Waals surface area (Å²) in [7, 11) is 0. The number of rotatable bonds is 5. The van der Waals surface area contributed by atoms with Gasteiger partial charge in [-0.1, -0.05) is 30.3 Å². The second kappa shape index (κ2) is 7.14. The number of benzene rings is 2. The van der Waals surface area contributed by atoms with E-state index in [1.54, 1.807) is 17.7 Å². The molecule has 0 aliphatic carbocycles. The maximum Gasteiger partial charge on any atom is 0.143 e. The van der Waals surface area contributed by atoms with E-state index in [-0.39, 0.29) is 0 Å². The third-order valence-corrected chi connectivity index (χ3v) is 5.17. The monoisotopic (exact) mass is 361 g/mol.